The van der Waals surface area contributed by atoms with Gasteiger partial charge in [-0.05, 0) is 31.5 Å². The van der Waals surface area contributed by atoms with Crippen molar-refractivity contribution < 1.29 is 18.3 Å². The van der Waals surface area contributed by atoms with Crippen molar-refractivity contribution in [1.29, 1.82) is 0 Å². The monoisotopic (exact) mass is 283 g/mol. The number of Topliss-reactive ketones (excluding diaryl/α,β-unsaturated/α-hetero) is 1. The lowest BCUT2D eigenvalue weighted by atomic mass is 9.92. The van der Waals surface area contributed by atoms with E-state index in [0.717, 1.165) is 13.0 Å². The van der Waals surface area contributed by atoms with Crippen LogP contribution in [0.5, 0.6) is 0 Å². The summed E-state index contributed by atoms with van der Waals surface area (Å²) in [4.78, 5) is 12.4. The Hall–Kier alpha value is -1.33. The van der Waals surface area contributed by atoms with Crippen molar-refractivity contribution >= 4 is 5.78 Å². The number of aryl methyl sites for hydroxylation is 1. The van der Waals surface area contributed by atoms with Gasteiger partial charge < -0.3 is 10.1 Å². The van der Waals surface area contributed by atoms with Crippen LogP contribution in [-0.4, -0.2) is 31.6 Å². The smallest absolute Gasteiger partial charge is 0.172 e. The Balaban J connectivity index is 2.20. The Bertz CT molecular complexity index is 505. The maximum absolute atomic E-state index is 13.9. The van der Waals surface area contributed by atoms with Crippen LogP contribution >= 0.6 is 0 Å². The standard InChI is InChI=1S/C15H19F2NO2/c1-3-6-18-12-8-20-7-11(12)15(19)10-5-4-9(2)13(16)14(10)17/h4-5,11-12,18H,3,6-8H2,1-2H3. The first kappa shape index (κ1) is 15.1. The summed E-state index contributed by atoms with van der Waals surface area (Å²) in [6.07, 6.45) is 0.935. The molecule has 20 heavy (non-hydrogen) atoms. The molecule has 1 heterocycles. The van der Waals surface area contributed by atoms with Gasteiger partial charge in [0, 0.05) is 6.04 Å². The van der Waals surface area contributed by atoms with Gasteiger partial charge in [-0.1, -0.05) is 13.0 Å². The Labute approximate surface area is 117 Å². The van der Waals surface area contributed by atoms with Gasteiger partial charge in [0.2, 0.25) is 0 Å². The summed E-state index contributed by atoms with van der Waals surface area (Å²) < 4.78 is 32.8. The average Bonchev–Trinajstić information content (AvgIpc) is 2.90. The van der Waals surface area contributed by atoms with E-state index in [1.54, 1.807) is 0 Å². The number of halogens is 2. The summed E-state index contributed by atoms with van der Waals surface area (Å²) in [5, 5.41) is 3.22. The van der Waals surface area contributed by atoms with Gasteiger partial charge in [-0.15, -0.1) is 0 Å². The molecular weight excluding hydrogens is 264 g/mol. The highest BCUT2D eigenvalue weighted by Gasteiger charge is 2.35. The number of benzene rings is 1. The summed E-state index contributed by atoms with van der Waals surface area (Å²) in [5.41, 5.74) is 0.00859. The third-order valence-corrected chi connectivity index (χ3v) is 3.61. The number of carbonyl (C=O) groups is 1. The molecule has 1 aliphatic heterocycles. The van der Waals surface area contributed by atoms with Crippen LogP contribution in [0.25, 0.3) is 0 Å². The SMILES string of the molecule is CCCNC1COCC1C(=O)c1ccc(C)c(F)c1F. The highest BCUT2D eigenvalue weighted by atomic mass is 19.2. The molecule has 1 aromatic carbocycles. The first-order valence-corrected chi connectivity index (χ1v) is 6.86. The number of carbonyl (C=O) groups excluding carboxylic acids is 1. The molecule has 5 heteroatoms. The quantitative estimate of drug-likeness (QED) is 0.844. The van der Waals surface area contributed by atoms with Crippen molar-refractivity contribution in [2.75, 3.05) is 19.8 Å². The predicted molar refractivity (Wildman–Crippen MR) is 71.8 cm³/mol. The second-order valence-corrected chi connectivity index (χ2v) is 5.13. The molecule has 2 unspecified atom stereocenters. The number of rotatable bonds is 5. The Morgan fingerprint density at radius 3 is 2.80 bits per heavy atom. The zero-order valence-corrected chi connectivity index (χ0v) is 11.7. The number of nitrogens with one attached hydrogen (secondary N) is 1. The third kappa shape index (κ3) is 2.88. The van der Waals surface area contributed by atoms with E-state index in [1.807, 2.05) is 6.92 Å². The van der Waals surface area contributed by atoms with Gasteiger partial charge in [0.1, 0.15) is 0 Å². The minimum atomic E-state index is -1.06. The molecular formula is C15H19F2NO2. The Kier molecular flexibility index (Phi) is 4.83. The maximum Gasteiger partial charge on any atom is 0.172 e. The zero-order chi connectivity index (χ0) is 14.7. The van der Waals surface area contributed by atoms with Crippen LogP contribution in [0, 0.1) is 24.5 Å². The van der Waals surface area contributed by atoms with E-state index in [-0.39, 0.29) is 23.8 Å². The highest BCUT2D eigenvalue weighted by molar-refractivity contribution is 5.99. The normalized spacial score (nSPS) is 22.2. The van der Waals surface area contributed by atoms with Gasteiger partial charge in [-0.25, -0.2) is 8.78 Å². The molecule has 0 saturated carbocycles. The van der Waals surface area contributed by atoms with Crippen molar-refractivity contribution in [2.45, 2.75) is 26.3 Å². The van der Waals surface area contributed by atoms with E-state index in [1.165, 1.54) is 19.1 Å². The van der Waals surface area contributed by atoms with Crippen molar-refractivity contribution in [1.82, 2.24) is 5.32 Å². The van der Waals surface area contributed by atoms with Crippen molar-refractivity contribution in [3.05, 3.63) is 34.9 Å². The van der Waals surface area contributed by atoms with E-state index in [4.69, 9.17) is 4.74 Å². The van der Waals surface area contributed by atoms with Crippen LogP contribution in [0.3, 0.4) is 0 Å². The van der Waals surface area contributed by atoms with Gasteiger partial charge in [0.25, 0.3) is 0 Å². The molecule has 1 aliphatic rings. The first-order valence-electron chi connectivity index (χ1n) is 6.86. The minimum absolute atomic E-state index is 0.133. The molecule has 1 aromatic rings. The third-order valence-electron chi connectivity index (χ3n) is 3.61. The Morgan fingerprint density at radius 2 is 2.10 bits per heavy atom. The van der Waals surface area contributed by atoms with Crippen LogP contribution in [-0.2, 0) is 4.74 Å². The van der Waals surface area contributed by atoms with E-state index < -0.39 is 23.3 Å². The fraction of sp³-hybridized carbons (Fsp3) is 0.533. The number of ketones is 1. The van der Waals surface area contributed by atoms with Crippen molar-refractivity contribution in [3.8, 4) is 0 Å². The molecule has 0 amide bonds. The van der Waals surface area contributed by atoms with Gasteiger partial charge in [-0.3, -0.25) is 4.79 Å². The lowest BCUT2D eigenvalue weighted by Crippen LogP contribution is -2.40. The van der Waals surface area contributed by atoms with E-state index in [0.29, 0.717) is 6.61 Å². The summed E-state index contributed by atoms with van der Waals surface area (Å²) in [6.45, 7) is 4.93. The lowest BCUT2D eigenvalue weighted by molar-refractivity contribution is 0.0886. The molecule has 0 aliphatic carbocycles. The number of hydrogen-bond acceptors (Lipinski definition) is 3. The molecule has 2 atom stereocenters. The van der Waals surface area contributed by atoms with E-state index in [9.17, 15) is 13.6 Å². The molecule has 0 aromatic heterocycles. The van der Waals surface area contributed by atoms with Crippen molar-refractivity contribution in [2.24, 2.45) is 5.92 Å². The summed E-state index contributed by atoms with van der Waals surface area (Å²) in [6, 6.07) is 2.65. The number of ether oxygens (including phenoxy) is 1. The fourth-order valence-corrected chi connectivity index (χ4v) is 2.38. The van der Waals surface area contributed by atoms with Gasteiger partial charge >= 0.3 is 0 Å². The number of hydrogen-bond donors (Lipinski definition) is 1. The average molecular weight is 283 g/mol. The topological polar surface area (TPSA) is 38.3 Å². The van der Waals surface area contributed by atoms with Gasteiger partial charge in [0.15, 0.2) is 17.4 Å². The highest BCUT2D eigenvalue weighted by Crippen LogP contribution is 2.23. The Morgan fingerprint density at radius 1 is 1.35 bits per heavy atom. The molecule has 2 rings (SSSR count). The van der Waals surface area contributed by atoms with Gasteiger partial charge in [-0.2, -0.15) is 0 Å². The molecule has 0 spiro atoms. The molecule has 1 fully saturated rings. The molecule has 0 bridgehead atoms. The van der Waals surface area contributed by atoms with Crippen molar-refractivity contribution in [3.63, 3.8) is 0 Å². The van der Waals surface area contributed by atoms with Crippen LogP contribution < -0.4 is 5.32 Å². The zero-order valence-electron chi connectivity index (χ0n) is 11.7. The second kappa shape index (κ2) is 6.41. The second-order valence-electron chi connectivity index (χ2n) is 5.13. The van der Waals surface area contributed by atoms with Gasteiger partial charge in [0.05, 0.1) is 24.7 Å². The summed E-state index contributed by atoms with van der Waals surface area (Å²) >= 11 is 0. The molecule has 0 radical (unpaired) electrons. The first-order chi connectivity index (χ1) is 9.56. The van der Waals surface area contributed by atoms with Crippen LogP contribution in [0.1, 0.15) is 29.3 Å². The summed E-state index contributed by atoms with van der Waals surface area (Å²) in [7, 11) is 0. The molecule has 3 nitrogen and oxygen atoms in total. The van der Waals surface area contributed by atoms with Crippen LogP contribution in [0.4, 0.5) is 8.78 Å². The van der Waals surface area contributed by atoms with Crippen LogP contribution in [0.2, 0.25) is 0 Å². The minimum Gasteiger partial charge on any atom is -0.379 e. The molecule has 1 N–H and O–H groups in total. The predicted octanol–water partition coefficient (Wildman–Crippen LogP) is 2.47. The largest absolute Gasteiger partial charge is 0.379 e. The molecule has 1 saturated heterocycles. The fourth-order valence-electron chi connectivity index (χ4n) is 2.38. The molecule has 110 valence electrons. The maximum atomic E-state index is 13.9. The van der Waals surface area contributed by atoms with E-state index >= 15 is 0 Å². The van der Waals surface area contributed by atoms with E-state index in [2.05, 4.69) is 5.32 Å². The lowest BCUT2D eigenvalue weighted by Gasteiger charge is -2.18. The summed E-state index contributed by atoms with van der Waals surface area (Å²) in [5.74, 6) is -2.87. The van der Waals surface area contributed by atoms with Crippen LogP contribution in [0.15, 0.2) is 12.1 Å².